The van der Waals surface area contributed by atoms with Gasteiger partial charge in [0, 0.05) is 19.6 Å². The Hall–Kier alpha value is -0.690. The van der Waals surface area contributed by atoms with Crippen molar-refractivity contribution < 1.29 is 24.9 Å². The highest BCUT2D eigenvalue weighted by Crippen LogP contribution is 1.92. The van der Waals surface area contributed by atoms with E-state index < -0.39 is 5.97 Å². The van der Waals surface area contributed by atoms with E-state index in [1.807, 2.05) is 4.90 Å². The van der Waals surface area contributed by atoms with Crippen LogP contribution in [0.3, 0.4) is 0 Å². The number of rotatable bonds is 10. The van der Waals surface area contributed by atoms with Gasteiger partial charge in [0.2, 0.25) is 0 Å². The smallest absolute Gasteiger partial charge is 0.304 e. The van der Waals surface area contributed by atoms with Crippen molar-refractivity contribution in [3.8, 4) is 0 Å². The number of carboxylic acid groups (broad SMARTS) is 1. The fourth-order valence-electron chi connectivity index (χ4n) is 1.09. The minimum Gasteiger partial charge on any atom is -0.481 e. The summed E-state index contributed by atoms with van der Waals surface area (Å²) >= 11 is 0. The minimum atomic E-state index is -0.853. The molecule has 0 rings (SSSR count). The van der Waals surface area contributed by atoms with Crippen LogP contribution >= 0.6 is 0 Å². The van der Waals surface area contributed by atoms with Gasteiger partial charge in [0.25, 0.3) is 0 Å². The van der Waals surface area contributed by atoms with Gasteiger partial charge in [-0.25, -0.2) is 0 Å². The van der Waals surface area contributed by atoms with E-state index in [1.165, 1.54) is 0 Å². The van der Waals surface area contributed by atoms with Crippen molar-refractivity contribution in [3.05, 3.63) is 0 Å². The van der Waals surface area contributed by atoms with E-state index in [1.54, 1.807) is 0 Å². The SMILES string of the molecule is O=C(O)CCN(CCO)CCOCCO. The van der Waals surface area contributed by atoms with Crippen LogP contribution in [0.4, 0.5) is 0 Å². The molecule has 0 atom stereocenters. The molecule has 0 aromatic rings. The first-order chi connectivity index (χ1) is 7.20. The quantitative estimate of drug-likeness (QED) is 0.400. The molecule has 0 amide bonds. The first kappa shape index (κ1) is 14.3. The number of aliphatic hydroxyl groups is 2. The van der Waals surface area contributed by atoms with Gasteiger partial charge in [0.1, 0.15) is 0 Å². The molecule has 0 aromatic carbocycles. The van der Waals surface area contributed by atoms with Crippen molar-refractivity contribution in [1.29, 1.82) is 0 Å². The highest BCUT2D eigenvalue weighted by Gasteiger charge is 2.06. The van der Waals surface area contributed by atoms with E-state index in [0.717, 1.165) is 0 Å². The van der Waals surface area contributed by atoms with Gasteiger partial charge >= 0.3 is 5.97 Å². The van der Waals surface area contributed by atoms with Crippen molar-refractivity contribution in [2.75, 3.05) is 46.1 Å². The Bertz CT molecular complexity index is 165. The number of carboxylic acids is 1. The highest BCUT2D eigenvalue weighted by molar-refractivity contribution is 5.66. The molecule has 0 aliphatic rings. The lowest BCUT2D eigenvalue weighted by Crippen LogP contribution is -2.32. The topological polar surface area (TPSA) is 90.2 Å². The van der Waals surface area contributed by atoms with Crippen molar-refractivity contribution in [2.24, 2.45) is 0 Å². The number of hydrogen-bond donors (Lipinski definition) is 3. The average Bonchev–Trinajstić information content (AvgIpc) is 2.20. The highest BCUT2D eigenvalue weighted by atomic mass is 16.5. The largest absolute Gasteiger partial charge is 0.481 e. The lowest BCUT2D eigenvalue weighted by Gasteiger charge is -2.19. The monoisotopic (exact) mass is 221 g/mol. The molecule has 0 heterocycles. The maximum absolute atomic E-state index is 10.3. The summed E-state index contributed by atoms with van der Waals surface area (Å²) in [5.41, 5.74) is 0. The van der Waals surface area contributed by atoms with Crippen LogP contribution in [0, 0.1) is 0 Å². The Morgan fingerprint density at radius 3 is 2.33 bits per heavy atom. The molecule has 0 fully saturated rings. The van der Waals surface area contributed by atoms with Crippen molar-refractivity contribution in [3.63, 3.8) is 0 Å². The molecule has 0 aromatic heterocycles. The summed E-state index contributed by atoms with van der Waals surface area (Å²) in [6.07, 6.45) is 0.0556. The summed E-state index contributed by atoms with van der Waals surface area (Å²) in [4.78, 5) is 12.1. The Kier molecular flexibility index (Phi) is 9.40. The average molecular weight is 221 g/mol. The van der Waals surface area contributed by atoms with Gasteiger partial charge in [-0.05, 0) is 0 Å². The van der Waals surface area contributed by atoms with Crippen LogP contribution in [-0.2, 0) is 9.53 Å². The molecule has 0 bridgehead atoms. The molecule has 6 heteroatoms. The van der Waals surface area contributed by atoms with Crippen LogP contribution in [0.1, 0.15) is 6.42 Å². The third-order valence-electron chi connectivity index (χ3n) is 1.85. The first-order valence-electron chi connectivity index (χ1n) is 4.94. The zero-order chi connectivity index (χ0) is 11.5. The predicted octanol–water partition coefficient (Wildman–Crippen LogP) is -1.24. The Balaban J connectivity index is 3.57. The number of aliphatic carboxylic acids is 1. The van der Waals surface area contributed by atoms with Crippen molar-refractivity contribution in [2.45, 2.75) is 6.42 Å². The molecule has 90 valence electrons. The van der Waals surface area contributed by atoms with E-state index in [4.69, 9.17) is 20.1 Å². The van der Waals surface area contributed by atoms with E-state index in [2.05, 4.69) is 0 Å². The molecular weight excluding hydrogens is 202 g/mol. The predicted molar refractivity (Wildman–Crippen MR) is 53.7 cm³/mol. The lowest BCUT2D eigenvalue weighted by atomic mass is 10.3. The standard InChI is InChI=1S/C9H19NO5/c11-5-3-10(2-1-9(13)14)4-7-15-8-6-12/h11-12H,1-8H2,(H,13,14). The Morgan fingerprint density at radius 2 is 1.80 bits per heavy atom. The summed E-state index contributed by atoms with van der Waals surface area (Å²) < 4.78 is 5.05. The van der Waals surface area contributed by atoms with Gasteiger partial charge in [-0.15, -0.1) is 0 Å². The Morgan fingerprint density at radius 1 is 1.07 bits per heavy atom. The van der Waals surface area contributed by atoms with Gasteiger partial charge in [0.05, 0.1) is 32.8 Å². The molecule has 0 spiro atoms. The van der Waals surface area contributed by atoms with E-state index in [-0.39, 0.29) is 26.2 Å². The second kappa shape index (κ2) is 9.85. The molecule has 6 nitrogen and oxygen atoms in total. The molecular formula is C9H19NO5. The number of aliphatic hydroxyl groups excluding tert-OH is 2. The molecule has 15 heavy (non-hydrogen) atoms. The van der Waals surface area contributed by atoms with Crippen LogP contribution < -0.4 is 0 Å². The fourth-order valence-corrected chi connectivity index (χ4v) is 1.09. The van der Waals surface area contributed by atoms with Gasteiger partial charge in [-0.2, -0.15) is 0 Å². The Labute approximate surface area is 89.1 Å². The van der Waals surface area contributed by atoms with Gasteiger partial charge in [-0.1, -0.05) is 0 Å². The van der Waals surface area contributed by atoms with E-state index in [0.29, 0.717) is 26.2 Å². The van der Waals surface area contributed by atoms with Crippen molar-refractivity contribution >= 4 is 5.97 Å². The number of carbonyl (C=O) groups is 1. The second-order valence-electron chi connectivity index (χ2n) is 3.04. The number of nitrogens with zero attached hydrogens (tertiary/aromatic N) is 1. The zero-order valence-corrected chi connectivity index (χ0v) is 8.76. The van der Waals surface area contributed by atoms with Crippen molar-refractivity contribution in [1.82, 2.24) is 4.90 Å². The van der Waals surface area contributed by atoms with E-state index in [9.17, 15) is 4.79 Å². The van der Waals surface area contributed by atoms with Gasteiger partial charge < -0.3 is 20.1 Å². The molecule has 0 saturated heterocycles. The van der Waals surface area contributed by atoms with Crippen LogP contribution in [-0.4, -0.2) is 72.3 Å². The number of hydrogen-bond acceptors (Lipinski definition) is 5. The number of ether oxygens (including phenoxy) is 1. The lowest BCUT2D eigenvalue weighted by molar-refractivity contribution is -0.137. The van der Waals surface area contributed by atoms with Gasteiger partial charge in [0.15, 0.2) is 0 Å². The molecule has 0 unspecified atom stereocenters. The maximum Gasteiger partial charge on any atom is 0.304 e. The molecule has 0 saturated carbocycles. The molecule has 0 radical (unpaired) electrons. The third-order valence-corrected chi connectivity index (χ3v) is 1.85. The summed E-state index contributed by atoms with van der Waals surface area (Å²) in [7, 11) is 0. The van der Waals surface area contributed by atoms with Crippen LogP contribution in [0.5, 0.6) is 0 Å². The summed E-state index contributed by atoms with van der Waals surface area (Å²) in [5, 5.41) is 25.7. The second-order valence-corrected chi connectivity index (χ2v) is 3.04. The zero-order valence-electron chi connectivity index (χ0n) is 8.76. The third kappa shape index (κ3) is 9.61. The van der Waals surface area contributed by atoms with Crippen LogP contribution in [0.25, 0.3) is 0 Å². The van der Waals surface area contributed by atoms with Crippen LogP contribution in [0.15, 0.2) is 0 Å². The summed E-state index contributed by atoms with van der Waals surface area (Å²) in [5.74, 6) is -0.853. The van der Waals surface area contributed by atoms with Crippen LogP contribution in [0.2, 0.25) is 0 Å². The minimum absolute atomic E-state index is 0.000378. The first-order valence-corrected chi connectivity index (χ1v) is 4.94. The maximum atomic E-state index is 10.3. The fraction of sp³-hybridized carbons (Fsp3) is 0.889. The molecule has 0 aliphatic heterocycles. The van der Waals surface area contributed by atoms with E-state index >= 15 is 0 Å². The summed E-state index contributed by atoms with van der Waals surface area (Å²) in [6.45, 7) is 2.10. The van der Waals surface area contributed by atoms with Gasteiger partial charge in [-0.3, -0.25) is 9.69 Å². The summed E-state index contributed by atoms with van der Waals surface area (Å²) in [6, 6.07) is 0. The molecule has 3 N–H and O–H groups in total. The normalized spacial score (nSPS) is 10.9. The molecule has 0 aliphatic carbocycles.